The van der Waals surface area contributed by atoms with E-state index in [0.717, 1.165) is 4.90 Å². The number of hydrogen-bond acceptors (Lipinski definition) is 7. The highest BCUT2D eigenvalue weighted by molar-refractivity contribution is 6.15. The highest BCUT2D eigenvalue weighted by atomic mass is 16.2. The second-order valence-electron chi connectivity index (χ2n) is 7.24. The molecule has 0 radical (unpaired) electrons. The van der Waals surface area contributed by atoms with E-state index in [1.54, 1.807) is 18.2 Å². The van der Waals surface area contributed by atoms with E-state index in [9.17, 15) is 24.0 Å². The maximum Gasteiger partial charge on any atom is 0.268 e. The van der Waals surface area contributed by atoms with Crippen LogP contribution in [0.2, 0.25) is 0 Å². The maximum atomic E-state index is 12.6. The molecule has 0 unspecified atom stereocenters. The molecular weight excluding hydrogens is 428 g/mol. The Morgan fingerprint density at radius 2 is 1.82 bits per heavy atom. The summed E-state index contributed by atoms with van der Waals surface area (Å²) >= 11 is 0. The van der Waals surface area contributed by atoms with Gasteiger partial charge >= 0.3 is 0 Å². The van der Waals surface area contributed by atoms with Crippen molar-refractivity contribution in [2.45, 2.75) is 25.8 Å². The number of aromatic amines is 1. The quantitative estimate of drug-likeness (QED) is 0.467. The van der Waals surface area contributed by atoms with Crippen molar-refractivity contribution >= 4 is 29.3 Å². The van der Waals surface area contributed by atoms with Crippen LogP contribution in [0.25, 0.3) is 11.3 Å². The predicted octanol–water partition coefficient (Wildman–Crippen LogP) is 0.399. The van der Waals surface area contributed by atoms with Crippen molar-refractivity contribution in [1.82, 2.24) is 14.5 Å². The van der Waals surface area contributed by atoms with Crippen LogP contribution < -0.4 is 21.9 Å². The van der Waals surface area contributed by atoms with Gasteiger partial charge in [0, 0.05) is 31.4 Å². The average Bonchev–Trinajstić information content (AvgIpc) is 3.32. The van der Waals surface area contributed by atoms with Gasteiger partial charge in [-0.05, 0) is 36.2 Å². The van der Waals surface area contributed by atoms with Crippen molar-refractivity contribution in [3.05, 3.63) is 71.0 Å². The lowest BCUT2D eigenvalue weighted by molar-refractivity contribution is -0.126. The van der Waals surface area contributed by atoms with Gasteiger partial charge in [-0.1, -0.05) is 12.1 Å². The summed E-state index contributed by atoms with van der Waals surface area (Å²) in [6.07, 6.45) is 4.11. The number of carbonyl (C=O) groups excluding carboxylic acids is 4. The number of nitrogens with one attached hydrogen (secondary N) is 1. The molecule has 0 fully saturated rings. The lowest BCUT2D eigenvalue weighted by atomic mass is 10.1. The zero-order chi connectivity index (χ0) is 24.1. The summed E-state index contributed by atoms with van der Waals surface area (Å²) in [5, 5.41) is 0. The Morgan fingerprint density at radius 3 is 2.36 bits per heavy atom. The zero-order valence-electron chi connectivity index (χ0n) is 17.7. The summed E-state index contributed by atoms with van der Waals surface area (Å²) in [7, 11) is 0. The molecule has 3 amide bonds. The van der Waals surface area contributed by atoms with Crippen molar-refractivity contribution in [3.63, 3.8) is 0 Å². The molecule has 2 heterocycles. The minimum absolute atomic E-state index is 0.0153. The fourth-order valence-electron chi connectivity index (χ4n) is 3.17. The van der Waals surface area contributed by atoms with Gasteiger partial charge < -0.3 is 16.5 Å². The number of benzene rings is 1. The third-order valence-corrected chi connectivity index (χ3v) is 4.87. The minimum atomic E-state index is -1.07. The molecule has 0 bridgehead atoms. The number of pyridine rings is 1. The van der Waals surface area contributed by atoms with E-state index < -0.39 is 35.2 Å². The molecule has 0 saturated heterocycles. The Balaban J connectivity index is 1.82. The molecule has 3 aromatic rings. The van der Waals surface area contributed by atoms with Crippen LogP contribution in [-0.2, 0) is 14.4 Å². The standard InChI is InChI=1S/C22H22N6O5/c1-13(29)28(22(33)17(23)7-9-19(24)30)15-4-2-14(3-5-15)18-8-6-16(20(31)26-18)21(32)27-11-10-25-12-27/h2-6,8,10-12,17H,7,9,23H2,1H3,(H2,24,30)(H,26,31)/t17-/m1/s1. The Hall–Kier alpha value is -4.38. The van der Waals surface area contributed by atoms with Crippen molar-refractivity contribution in [1.29, 1.82) is 0 Å². The number of imidazole rings is 1. The van der Waals surface area contributed by atoms with Crippen LogP contribution in [0.3, 0.4) is 0 Å². The van der Waals surface area contributed by atoms with Crippen LogP contribution in [0, 0.1) is 0 Å². The number of H-pyrrole nitrogens is 1. The Bertz CT molecular complexity index is 1250. The largest absolute Gasteiger partial charge is 0.370 e. The molecule has 1 atom stereocenters. The molecule has 0 aliphatic heterocycles. The lowest BCUT2D eigenvalue weighted by Crippen LogP contribution is -2.46. The topological polar surface area (TPSA) is 174 Å². The monoisotopic (exact) mass is 450 g/mol. The fraction of sp³-hybridized carbons (Fsp3) is 0.182. The van der Waals surface area contributed by atoms with Gasteiger partial charge in [0.25, 0.3) is 17.4 Å². The van der Waals surface area contributed by atoms with Crippen molar-refractivity contribution in [2.24, 2.45) is 11.5 Å². The van der Waals surface area contributed by atoms with Gasteiger partial charge in [-0.3, -0.25) is 28.5 Å². The fourth-order valence-corrected chi connectivity index (χ4v) is 3.17. The molecule has 11 nitrogen and oxygen atoms in total. The summed E-state index contributed by atoms with van der Waals surface area (Å²) in [4.78, 5) is 67.8. The number of nitrogens with zero attached hydrogens (tertiary/aromatic N) is 3. The first kappa shape index (κ1) is 23.3. The Labute approximate surface area is 188 Å². The third-order valence-electron chi connectivity index (χ3n) is 4.87. The molecule has 1 aromatic carbocycles. The summed E-state index contributed by atoms with van der Waals surface area (Å²) < 4.78 is 1.19. The number of primary amides is 1. The normalized spacial score (nSPS) is 11.6. The number of anilines is 1. The highest BCUT2D eigenvalue weighted by Gasteiger charge is 2.26. The first-order chi connectivity index (χ1) is 15.7. The van der Waals surface area contributed by atoms with Crippen LogP contribution >= 0.6 is 0 Å². The maximum absolute atomic E-state index is 12.6. The third kappa shape index (κ3) is 5.28. The molecule has 2 aromatic heterocycles. The van der Waals surface area contributed by atoms with Gasteiger partial charge in [-0.15, -0.1) is 0 Å². The van der Waals surface area contributed by atoms with Gasteiger partial charge in [0.15, 0.2) is 0 Å². The van der Waals surface area contributed by atoms with Crippen molar-refractivity contribution in [3.8, 4) is 11.3 Å². The lowest BCUT2D eigenvalue weighted by Gasteiger charge is -2.23. The number of aromatic nitrogens is 3. The van der Waals surface area contributed by atoms with E-state index in [-0.39, 0.29) is 24.1 Å². The van der Waals surface area contributed by atoms with Crippen molar-refractivity contribution in [2.75, 3.05) is 4.90 Å². The molecule has 0 aliphatic carbocycles. The number of nitrogens with two attached hydrogens (primary N) is 2. The zero-order valence-corrected chi connectivity index (χ0v) is 17.7. The van der Waals surface area contributed by atoms with Crippen molar-refractivity contribution < 1.29 is 19.2 Å². The number of amides is 3. The second-order valence-corrected chi connectivity index (χ2v) is 7.24. The van der Waals surface area contributed by atoms with Crippen LogP contribution in [0.5, 0.6) is 0 Å². The van der Waals surface area contributed by atoms with Gasteiger partial charge in [-0.25, -0.2) is 9.88 Å². The van der Waals surface area contributed by atoms with E-state index in [2.05, 4.69) is 9.97 Å². The Morgan fingerprint density at radius 1 is 1.12 bits per heavy atom. The molecular formula is C22H22N6O5. The molecule has 0 aliphatic rings. The first-order valence-corrected chi connectivity index (χ1v) is 9.94. The molecule has 0 saturated carbocycles. The smallest absolute Gasteiger partial charge is 0.268 e. The molecule has 5 N–H and O–H groups in total. The van der Waals surface area contributed by atoms with E-state index in [1.165, 1.54) is 48.4 Å². The number of imide groups is 1. The molecule has 0 spiro atoms. The highest BCUT2D eigenvalue weighted by Crippen LogP contribution is 2.22. The van der Waals surface area contributed by atoms with E-state index in [0.29, 0.717) is 11.3 Å². The number of carbonyl (C=O) groups is 4. The SMILES string of the molecule is CC(=O)N(C(=O)[C@H](N)CCC(N)=O)c1ccc(-c2ccc(C(=O)n3ccnc3)c(=O)[nH]2)cc1. The van der Waals surface area contributed by atoms with Gasteiger partial charge in [0.1, 0.15) is 11.9 Å². The van der Waals surface area contributed by atoms with Crippen LogP contribution in [0.4, 0.5) is 5.69 Å². The number of rotatable bonds is 7. The van der Waals surface area contributed by atoms with Crippen LogP contribution in [0.1, 0.15) is 30.1 Å². The Kier molecular flexibility index (Phi) is 6.94. The molecule has 33 heavy (non-hydrogen) atoms. The van der Waals surface area contributed by atoms with E-state index in [4.69, 9.17) is 11.5 Å². The average molecular weight is 450 g/mol. The van der Waals surface area contributed by atoms with E-state index in [1.807, 2.05) is 0 Å². The first-order valence-electron chi connectivity index (χ1n) is 9.94. The number of hydrogen-bond donors (Lipinski definition) is 3. The molecule has 170 valence electrons. The van der Waals surface area contributed by atoms with Gasteiger partial charge in [-0.2, -0.15) is 0 Å². The summed E-state index contributed by atoms with van der Waals surface area (Å²) in [5.74, 6) is -2.31. The van der Waals surface area contributed by atoms with Crippen LogP contribution in [0.15, 0.2) is 59.9 Å². The van der Waals surface area contributed by atoms with E-state index >= 15 is 0 Å². The van der Waals surface area contributed by atoms with Crippen LogP contribution in [-0.4, -0.2) is 44.2 Å². The minimum Gasteiger partial charge on any atom is -0.370 e. The van der Waals surface area contributed by atoms with Gasteiger partial charge in [0.05, 0.1) is 11.7 Å². The van der Waals surface area contributed by atoms with Gasteiger partial charge in [0.2, 0.25) is 11.8 Å². The summed E-state index contributed by atoms with van der Waals surface area (Å²) in [5.41, 5.74) is 11.6. The summed E-state index contributed by atoms with van der Waals surface area (Å²) in [6.45, 7) is 1.22. The molecule has 3 rings (SSSR count). The molecule has 11 heteroatoms. The predicted molar refractivity (Wildman–Crippen MR) is 119 cm³/mol. The summed E-state index contributed by atoms with van der Waals surface area (Å²) in [6, 6.07) is 8.18. The second kappa shape index (κ2) is 9.83.